The summed E-state index contributed by atoms with van der Waals surface area (Å²) in [6.07, 6.45) is 5.80. The molecule has 3 aromatic rings. The molecule has 6 N–H and O–H groups in total. The highest BCUT2D eigenvalue weighted by Crippen LogP contribution is 2.29. The zero-order chi connectivity index (χ0) is 22.1. The molecule has 168 valence electrons. The fraction of sp³-hybridized carbons (Fsp3) is 0.455. The summed E-state index contributed by atoms with van der Waals surface area (Å²) in [4.78, 5) is 15.3. The summed E-state index contributed by atoms with van der Waals surface area (Å²) < 4.78 is 10.8. The molecule has 1 saturated carbocycles. The normalized spacial score (nSPS) is 22.1. The number of benzene rings is 1. The van der Waals surface area contributed by atoms with E-state index in [4.69, 9.17) is 26.0 Å². The highest BCUT2D eigenvalue weighted by Gasteiger charge is 2.28. The number of nitrogens with zero attached hydrogens (tertiary/aromatic N) is 4. The van der Waals surface area contributed by atoms with Gasteiger partial charge in [0, 0.05) is 30.7 Å². The van der Waals surface area contributed by atoms with E-state index >= 15 is 0 Å². The zero-order valence-corrected chi connectivity index (χ0v) is 17.9. The van der Waals surface area contributed by atoms with Crippen molar-refractivity contribution in [3.05, 3.63) is 35.7 Å². The van der Waals surface area contributed by atoms with Crippen molar-refractivity contribution in [2.75, 3.05) is 43.1 Å². The van der Waals surface area contributed by atoms with Crippen LogP contribution in [0, 0.1) is 5.41 Å². The number of morpholine rings is 1. The monoisotopic (exact) mass is 436 g/mol. The Morgan fingerprint density at radius 2 is 1.88 bits per heavy atom. The number of anilines is 3. The van der Waals surface area contributed by atoms with E-state index in [-0.39, 0.29) is 23.6 Å². The first-order valence-corrected chi connectivity index (χ1v) is 11.0. The minimum absolute atomic E-state index is 0.0984. The van der Waals surface area contributed by atoms with Gasteiger partial charge in [-0.2, -0.15) is 4.98 Å². The van der Waals surface area contributed by atoms with Crippen LogP contribution in [0.4, 0.5) is 17.7 Å². The summed E-state index contributed by atoms with van der Waals surface area (Å²) in [5.74, 6) is 0.867. The molecule has 2 aliphatic rings. The van der Waals surface area contributed by atoms with Gasteiger partial charge in [0.15, 0.2) is 5.58 Å². The van der Waals surface area contributed by atoms with E-state index in [0.717, 1.165) is 52.0 Å². The number of oxazole rings is 1. The maximum Gasteiger partial charge on any atom is 0.292 e. The topological polar surface area (TPSA) is 152 Å². The Labute approximate surface area is 185 Å². The van der Waals surface area contributed by atoms with Crippen LogP contribution in [0.2, 0.25) is 0 Å². The van der Waals surface area contributed by atoms with Crippen LogP contribution in [-0.2, 0) is 4.74 Å². The summed E-state index contributed by atoms with van der Waals surface area (Å²) in [6.45, 7) is 3.70. The number of ether oxygens (including phenoxy) is 1. The third kappa shape index (κ3) is 4.11. The maximum atomic E-state index is 8.81. The van der Waals surface area contributed by atoms with Crippen LogP contribution < -0.4 is 16.8 Å². The van der Waals surface area contributed by atoms with E-state index in [1.165, 1.54) is 6.33 Å². The van der Waals surface area contributed by atoms with Gasteiger partial charge in [-0.25, -0.2) is 9.97 Å². The highest BCUT2D eigenvalue weighted by atomic mass is 16.5. The Hall–Kier alpha value is -3.24. The van der Waals surface area contributed by atoms with Gasteiger partial charge in [0.25, 0.3) is 6.01 Å². The average molecular weight is 437 g/mol. The van der Waals surface area contributed by atoms with E-state index in [2.05, 4.69) is 25.2 Å². The first kappa shape index (κ1) is 20.7. The number of hydrogen-bond donors (Lipinski definition) is 4. The Balaban J connectivity index is 1.32. The number of fused-ring (bicyclic) bond motifs is 1. The number of rotatable bonds is 5. The lowest BCUT2D eigenvalue weighted by Gasteiger charge is -2.39. The van der Waals surface area contributed by atoms with Crippen molar-refractivity contribution in [2.24, 2.45) is 0 Å². The van der Waals surface area contributed by atoms with Crippen LogP contribution >= 0.6 is 0 Å². The van der Waals surface area contributed by atoms with Crippen LogP contribution in [0.1, 0.15) is 36.8 Å². The molecule has 2 fully saturated rings. The Kier molecular flexibility index (Phi) is 5.62. The molecule has 3 heterocycles. The summed E-state index contributed by atoms with van der Waals surface area (Å²) >= 11 is 0. The standard InChI is InChI=1S/C22H28N8O2/c23-19(13-1-6-17-16(11-13)29-22(25)32-17)18-20(24)26-12-27-21(18)28-14-2-4-15(5-3-14)30-7-9-31-10-8-30/h1,6,11-12,14-15,23H,2-5,7-10H2,(H2,25,29)(H3,24,26,27,28). The van der Waals surface area contributed by atoms with Crippen molar-refractivity contribution in [2.45, 2.75) is 37.8 Å². The molecule has 1 aromatic carbocycles. The Morgan fingerprint density at radius 3 is 2.66 bits per heavy atom. The number of nitrogen functional groups attached to an aromatic ring is 2. The molecule has 1 saturated heterocycles. The second-order valence-corrected chi connectivity index (χ2v) is 8.39. The molecule has 0 radical (unpaired) electrons. The summed E-state index contributed by atoms with van der Waals surface area (Å²) in [5.41, 5.74) is 14.4. The number of hydrogen-bond acceptors (Lipinski definition) is 10. The molecule has 32 heavy (non-hydrogen) atoms. The van der Waals surface area contributed by atoms with Gasteiger partial charge in [-0.1, -0.05) is 0 Å². The van der Waals surface area contributed by atoms with Gasteiger partial charge < -0.3 is 25.9 Å². The summed E-state index contributed by atoms with van der Waals surface area (Å²) in [7, 11) is 0. The fourth-order valence-electron chi connectivity index (χ4n) is 4.72. The molecule has 0 bridgehead atoms. The third-order valence-electron chi connectivity index (χ3n) is 6.42. The highest BCUT2D eigenvalue weighted by molar-refractivity contribution is 6.17. The van der Waals surface area contributed by atoms with E-state index in [9.17, 15) is 0 Å². The molecular formula is C22H28N8O2. The minimum atomic E-state index is 0.0984. The first-order chi connectivity index (χ1) is 15.6. The van der Waals surface area contributed by atoms with Crippen molar-refractivity contribution >= 4 is 34.5 Å². The molecule has 0 spiro atoms. The van der Waals surface area contributed by atoms with Crippen molar-refractivity contribution in [1.82, 2.24) is 19.9 Å². The molecule has 2 aromatic heterocycles. The number of nitrogens with one attached hydrogen (secondary N) is 2. The average Bonchev–Trinajstić information content (AvgIpc) is 3.19. The number of aromatic nitrogens is 3. The fourth-order valence-corrected chi connectivity index (χ4v) is 4.72. The van der Waals surface area contributed by atoms with E-state index in [1.807, 2.05) is 0 Å². The zero-order valence-electron chi connectivity index (χ0n) is 17.9. The van der Waals surface area contributed by atoms with Gasteiger partial charge >= 0.3 is 0 Å². The smallest absolute Gasteiger partial charge is 0.292 e. The lowest BCUT2D eigenvalue weighted by atomic mass is 9.89. The SMILES string of the molecule is N=C(c1ccc2oc(N)nc2c1)c1c(N)ncnc1NC1CCC(N2CCOCC2)CC1. The van der Waals surface area contributed by atoms with E-state index in [0.29, 0.717) is 34.1 Å². The van der Waals surface area contributed by atoms with Crippen LogP contribution in [-0.4, -0.2) is 64.0 Å². The second kappa shape index (κ2) is 8.71. The molecule has 0 amide bonds. The predicted molar refractivity (Wildman–Crippen MR) is 123 cm³/mol. The van der Waals surface area contributed by atoms with Crippen LogP contribution in [0.25, 0.3) is 11.1 Å². The quantitative estimate of drug-likeness (QED) is 0.441. The molecule has 0 unspecified atom stereocenters. The lowest BCUT2D eigenvalue weighted by molar-refractivity contribution is 0.00790. The van der Waals surface area contributed by atoms with Crippen molar-refractivity contribution < 1.29 is 9.15 Å². The van der Waals surface area contributed by atoms with E-state index in [1.54, 1.807) is 18.2 Å². The van der Waals surface area contributed by atoms with Gasteiger partial charge in [-0.05, 0) is 43.9 Å². The summed E-state index contributed by atoms with van der Waals surface area (Å²) in [5, 5.41) is 12.3. The summed E-state index contributed by atoms with van der Waals surface area (Å²) in [6, 6.07) is 6.31. The molecule has 1 aliphatic heterocycles. The van der Waals surface area contributed by atoms with E-state index < -0.39 is 0 Å². The van der Waals surface area contributed by atoms with Gasteiger partial charge in [-0.3, -0.25) is 10.3 Å². The van der Waals surface area contributed by atoms with Gasteiger partial charge in [0.2, 0.25) is 0 Å². The third-order valence-corrected chi connectivity index (χ3v) is 6.42. The van der Waals surface area contributed by atoms with Gasteiger partial charge in [0.05, 0.1) is 24.5 Å². The largest absolute Gasteiger partial charge is 0.424 e. The first-order valence-electron chi connectivity index (χ1n) is 11.0. The van der Waals surface area contributed by atoms with Crippen LogP contribution in [0.15, 0.2) is 28.9 Å². The molecule has 1 aliphatic carbocycles. The maximum absolute atomic E-state index is 8.81. The van der Waals surface area contributed by atoms with Crippen molar-refractivity contribution in [1.29, 1.82) is 5.41 Å². The van der Waals surface area contributed by atoms with Gasteiger partial charge in [0.1, 0.15) is 23.5 Å². The van der Waals surface area contributed by atoms with Gasteiger partial charge in [-0.15, -0.1) is 0 Å². The Morgan fingerprint density at radius 1 is 1.09 bits per heavy atom. The predicted octanol–water partition coefficient (Wildman–Crippen LogP) is 2.25. The van der Waals surface area contributed by atoms with Crippen LogP contribution in [0.3, 0.4) is 0 Å². The molecule has 0 atom stereocenters. The molecule has 5 rings (SSSR count). The Bertz CT molecular complexity index is 1120. The van der Waals surface area contributed by atoms with Crippen LogP contribution in [0.5, 0.6) is 0 Å². The lowest BCUT2D eigenvalue weighted by Crippen LogP contribution is -2.46. The van der Waals surface area contributed by atoms with Crippen molar-refractivity contribution in [3.8, 4) is 0 Å². The molecule has 10 nitrogen and oxygen atoms in total. The molecule has 10 heteroatoms. The number of nitrogens with two attached hydrogens (primary N) is 2. The van der Waals surface area contributed by atoms with Crippen molar-refractivity contribution in [3.63, 3.8) is 0 Å². The second-order valence-electron chi connectivity index (χ2n) is 8.39. The molecular weight excluding hydrogens is 408 g/mol. The minimum Gasteiger partial charge on any atom is -0.424 e.